The highest BCUT2D eigenvalue weighted by Gasteiger charge is 2.11. The van der Waals surface area contributed by atoms with Gasteiger partial charge < -0.3 is 15.9 Å². The first-order valence-corrected chi connectivity index (χ1v) is 4.53. The first kappa shape index (κ1) is 10.9. The summed E-state index contributed by atoms with van der Waals surface area (Å²) in [4.78, 5) is 0. The highest BCUT2D eigenvalue weighted by atomic mass is 35.5. The smallest absolute Gasteiger partial charge is 0.177 e. The van der Waals surface area contributed by atoms with E-state index in [-0.39, 0.29) is 16.5 Å². The molecule has 0 atom stereocenters. The molecule has 1 aromatic rings. The number of hydrogen-bond donors (Lipinski definition) is 3. The molecule has 14 heavy (non-hydrogen) atoms. The molecule has 0 unspecified atom stereocenters. The van der Waals surface area contributed by atoms with Crippen LogP contribution in [0.5, 0.6) is 11.5 Å². The fourth-order valence-corrected chi connectivity index (χ4v) is 1.46. The van der Waals surface area contributed by atoms with Gasteiger partial charge in [0, 0.05) is 6.54 Å². The average Bonchev–Trinajstić information content (AvgIpc) is 2.14. The minimum atomic E-state index is -0.297. The van der Waals surface area contributed by atoms with Crippen molar-refractivity contribution in [2.45, 2.75) is 6.92 Å². The summed E-state index contributed by atoms with van der Waals surface area (Å²) in [5.41, 5.74) is 6.76. The van der Waals surface area contributed by atoms with Crippen molar-refractivity contribution in [1.29, 1.82) is 0 Å². The highest BCUT2D eigenvalue weighted by Crippen LogP contribution is 2.38. The van der Waals surface area contributed by atoms with Crippen LogP contribution in [-0.4, -0.2) is 16.8 Å². The lowest BCUT2D eigenvalue weighted by molar-refractivity contribution is 0.403. The molecule has 0 aliphatic carbocycles. The Balaban J connectivity index is 3.29. The molecular formula is C10H12ClNO2. The van der Waals surface area contributed by atoms with Crippen LogP contribution in [0, 0.1) is 6.92 Å². The van der Waals surface area contributed by atoms with E-state index >= 15 is 0 Å². The van der Waals surface area contributed by atoms with Crippen molar-refractivity contribution in [3.05, 3.63) is 28.3 Å². The Morgan fingerprint density at radius 3 is 2.71 bits per heavy atom. The number of hydrogen-bond acceptors (Lipinski definition) is 3. The van der Waals surface area contributed by atoms with E-state index in [4.69, 9.17) is 17.3 Å². The van der Waals surface area contributed by atoms with Crippen LogP contribution in [0.25, 0.3) is 6.08 Å². The molecule has 0 aliphatic rings. The molecule has 0 fully saturated rings. The van der Waals surface area contributed by atoms with Gasteiger partial charge in [0.05, 0.1) is 5.02 Å². The third-order valence-corrected chi connectivity index (χ3v) is 2.27. The minimum Gasteiger partial charge on any atom is -0.504 e. The van der Waals surface area contributed by atoms with E-state index < -0.39 is 0 Å². The number of rotatable bonds is 2. The normalized spacial score (nSPS) is 11.1. The van der Waals surface area contributed by atoms with Gasteiger partial charge in [-0.15, -0.1) is 0 Å². The maximum Gasteiger partial charge on any atom is 0.177 e. The Hall–Kier alpha value is -1.19. The van der Waals surface area contributed by atoms with E-state index in [2.05, 4.69) is 0 Å². The van der Waals surface area contributed by atoms with Gasteiger partial charge in [-0.2, -0.15) is 0 Å². The van der Waals surface area contributed by atoms with Gasteiger partial charge in [0.25, 0.3) is 0 Å². The molecule has 0 bridgehead atoms. The van der Waals surface area contributed by atoms with Crippen molar-refractivity contribution < 1.29 is 10.2 Å². The second kappa shape index (κ2) is 4.35. The van der Waals surface area contributed by atoms with E-state index in [0.717, 1.165) is 5.56 Å². The summed E-state index contributed by atoms with van der Waals surface area (Å²) >= 11 is 5.84. The SMILES string of the molecule is Cc1cc(O)c(O)c(Cl)c1/C=C/CN. The van der Waals surface area contributed by atoms with E-state index in [1.807, 2.05) is 0 Å². The van der Waals surface area contributed by atoms with Crippen LogP contribution in [0.2, 0.25) is 5.02 Å². The summed E-state index contributed by atoms with van der Waals surface area (Å²) in [6, 6.07) is 1.46. The number of aromatic hydroxyl groups is 2. The maximum absolute atomic E-state index is 9.36. The summed E-state index contributed by atoms with van der Waals surface area (Å²) < 4.78 is 0. The van der Waals surface area contributed by atoms with Crippen molar-refractivity contribution in [2.75, 3.05) is 6.54 Å². The number of nitrogens with two attached hydrogens (primary N) is 1. The van der Waals surface area contributed by atoms with Gasteiger partial charge >= 0.3 is 0 Å². The summed E-state index contributed by atoms with van der Waals surface area (Å²) in [5.74, 6) is -0.508. The number of benzene rings is 1. The monoisotopic (exact) mass is 213 g/mol. The summed E-state index contributed by atoms with van der Waals surface area (Å²) in [5, 5.41) is 18.8. The quantitative estimate of drug-likeness (QED) is 0.659. The average molecular weight is 214 g/mol. The van der Waals surface area contributed by atoms with Crippen LogP contribution >= 0.6 is 11.6 Å². The molecule has 0 aromatic heterocycles. The third-order valence-electron chi connectivity index (χ3n) is 1.89. The predicted octanol–water partition coefficient (Wildman–Crippen LogP) is 2.03. The van der Waals surface area contributed by atoms with E-state index in [1.54, 1.807) is 19.1 Å². The molecule has 0 amide bonds. The molecule has 0 radical (unpaired) electrons. The molecule has 0 saturated carbocycles. The van der Waals surface area contributed by atoms with E-state index in [1.165, 1.54) is 6.07 Å². The second-order valence-electron chi connectivity index (χ2n) is 2.93. The minimum absolute atomic E-state index is 0.146. The van der Waals surface area contributed by atoms with Crippen LogP contribution in [0.1, 0.15) is 11.1 Å². The molecule has 0 aliphatic heterocycles. The standard InChI is InChI=1S/C10H12ClNO2/c1-6-5-8(13)10(14)9(11)7(6)3-2-4-12/h2-3,5,13-14H,4,12H2,1H3/b3-2+. The Labute approximate surface area is 87.4 Å². The molecule has 0 saturated heterocycles. The van der Waals surface area contributed by atoms with E-state index in [0.29, 0.717) is 12.1 Å². The highest BCUT2D eigenvalue weighted by molar-refractivity contribution is 6.33. The maximum atomic E-state index is 9.36. The largest absolute Gasteiger partial charge is 0.504 e. The second-order valence-corrected chi connectivity index (χ2v) is 3.30. The molecule has 4 N–H and O–H groups in total. The molecule has 0 spiro atoms. The van der Waals surface area contributed by atoms with Crippen molar-refractivity contribution >= 4 is 17.7 Å². The Bertz CT molecular complexity index is 375. The molecule has 4 heteroatoms. The van der Waals surface area contributed by atoms with Gasteiger partial charge in [0.15, 0.2) is 11.5 Å². The third kappa shape index (κ3) is 2.00. The lowest BCUT2D eigenvalue weighted by atomic mass is 10.1. The topological polar surface area (TPSA) is 66.5 Å². The number of phenols is 2. The molecule has 1 aromatic carbocycles. The van der Waals surface area contributed by atoms with Crippen LogP contribution in [0.4, 0.5) is 0 Å². The van der Waals surface area contributed by atoms with Crippen LogP contribution in [-0.2, 0) is 0 Å². The Kier molecular flexibility index (Phi) is 3.38. The van der Waals surface area contributed by atoms with Gasteiger partial charge in [-0.25, -0.2) is 0 Å². The lowest BCUT2D eigenvalue weighted by Gasteiger charge is -2.07. The van der Waals surface area contributed by atoms with Crippen molar-refractivity contribution in [1.82, 2.24) is 0 Å². The summed E-state index contributed by atoms with van der Waals surface area (Å²) in [6.45, 7) is 2.19. The van der Waals surface area contributed by atoms with E-state index in [9.17, 15) is 10.2 Å². The van der Waals surface area contributed by atoms with Crippen molar-refractivity contribution in [3.8, 4) is 11.5 Å². The molecule has 0 heterocycles. The fraction of sp³-hybridized carbons (Fsp3) is 0.200. The number of halogens is 1. The first-order chi connectivity index (χ1) is 6.57. The molecule has 1 rings (SSSR count). The Morgan fingerprint density at radius 1 is 1.50 bits per heavy atom. The molecule has 76 valence electrons. The number of aryl methyl sites for hydroxylation is 1. The predicted molar refractivity (Wildman–Crippen MR) is 57.6 cm³/mol. The van der Waals surface area contributed by atoms with Crippen LogP contribution < -0.4 is 5.73 Å². The van der Waals surface area contributed by atoms with Crippen molar-refractivity contribution in [2.24, 2.45) is 5.73 Å². The molecular weight excluding hydrogens is 202 g/mol. The molecule has 3 nitrogen and oxygen atoms in total. The first-order valence-electron chi connectivity index (χ1n) is 4.15. The zero-order chi connectivity index (χ0) is 10.7. The zero-order valence-corrected chi connectivity index (χ0v) is 8.54. The number of phenolic OH excluding ortho intramolecular Hbond substituents is 2. The van der Waals surface area contributed by atoms with Crippen LogP contribution in [0.3, 0.4) is 0 Å². The Morgan fingerprint density at radius 2 is 2.14 bits per heavy atom. The van der Waals surface area contributed by atoms with Gasteiger partial charge in [-0.1, -0.05) is 23.8 Å². The van der Waals surface area contributed by atoms with Crippen LogP contribution in [0.15, 0.2) is 12.1 Å². The summed E-state index contributed by atoms with van der Waals surface area (Å²) in [6.07, 6.45) is 3.45. The van der Waals surface area contributed by atoms with Crippen molar-refractivity contribution in [3.63, 3.8) is 0 Å². The lowest BCUT2D eigenvalue weighted by Crippen LogP contribution is -1.93. The van der Waals surface area contributed by atoms with Gasteiger partial charge in [-0.05, 0) is 24.1 Å². The fourth-order valence-electron chi connectivity index (χ4n) is 1.15. The zero-order valence-electron chi connectivity index (χ0n) is 7.79. The van der Waals surface area contributed by atoms with Gasteiger partial charge in [-0.3, -0.25) is 0 Å². The summed E-state index contributed by atoms with van der Waals surface area (Å²) in [7, 11) is 0. The van der Waals surface area contributed by atoms with Gasteiger partial charge in [0.2, 0.25) is 0 Å². The van der Waals surface area contributed by atoms with Gasteiger partial charge in [0.1, 0.15) is 0 Å².